The SMILES string of the molecule is CC=COCC(C)OC=CC. The van der Waals surface area contributed by atoms with Crippen molar-refractivity contribution in [3.8, 4) is 0 Å². The van der Waals surface area contributed by atoms with Crippen LogP contribution in [0.25, 0.3) is 0 Å². The van der Waals surface area contributed by atoms with E-state index < -0.39 is 0 Å². The first-order valence-corrected chi connectivity index (χ1v) is 3.80. The zero-order valence-corrected chi connectivity index (χ0v) is 7.41. The maximum Gasteiger partial charge on any atom is 0.129 e. The maximum absolute atomic E-state index is 5.20. The fourth-order valence-electron chi connectivity index (χ4n) is 0.539. The molecule has 0 spiro atoms. The van der Waals surface area contributed by atoms with E-state index in [1.807, 2.05) is 32.9 Å². The fraction of sp³-hybridized carbons (Fsp3) is 0.556. The fourth-order valence-corrected chi connectivity index (χ4v) is 0.539. The van der Waals surface area contributed by atoms with Crippen LogP contribution >= 0.6 is 0 Å². The molecule has 0 rings (SSSR count). The van der Waals surface area contributed by atoms with Gasteiger partial charge in [-0.25, -0.2) is 0 Å². The predicted octanol–water partition coefficient (Wildman–Crippen LogP) is 2.48. The summed E-state index contributed by atoms with van der Waals surface area (Å²) in [6.45, 7) is 6.38. The monoisotopic (exact) mass is 156 g/mol. The molecule has 0 aliphatic heterocycles. The normalized spacial score (nSPS) is 14.1. The standard InChI is InChI=1S/C9H16O2/c1-4-6-10-8-9(3)11-7-5-2/h4-7,9H,8H2,1-3H3. The average Bonchev–Trinajstić information content (AvgIpc) is 2.01. The van der Waals surface area contributed by atoms with Crippen LogP contribution in [0, 0.1) is 0 Å². The molecule has 1 atom stereocenters. The van der Waals surface area contributed by atoms with Crippen molar-refractivity contribution < 1.29 is 9.47 Å². The molecule has 0 heterocycles. The molecule has 0 aliphatic carbocycles. The smallest absolute Gasteiger partial charge is 0.129 e. The molecule has 0 amide bonds. The van der Waals surface area contributed by atoms with Crippen LogP contribution in [0.3, 0.4) is 0 Å². The summed E-state index contributed by atoms with van der Waals surface area (Å²) in [6.07, 6.45) is 7.15. The van der Waals surface area contributed by atoms with Crippen LogP contribution in [0.4, 0.5) is 0 Å². The lowest BCUT2D eigenvalue weighted by atomic mass is 10.4. The highest BCUT2D eigenvalue weighted by atomic mass is 16.5. The molecule has 0 aromatic heterocycles. The van der Waals surface area contributed by atoms with Gasteiger partial charge in [0.05, 0.1) is 12.5 Å². The van der Waals surface area contributed by atoms with Crippen LogP contribution in [-0.4, -0.2) is 12.7 Å². The third kappa shape index (κ3) is 6.97. The highest BCUT2D eigenvalue weighted by molar-refractivity contribution is 4.69. The van der Waals surface area contributed by atoms with Crippen molar-refractivity contribution in [1.29, 1.82) is 0 Å². The minimum Gasteiger partial charge on any atom is -0.498 e. The first-order valence-electron chi connectivity index (χ1n) is 3.80. The predicted molar refractivity (Wildman–Crippen MR) is 46.1 cm³/mol. The Morgan fingerprint density at radius 1 is 1.18 bits per heavy atom. The van der Waals surface area contributed by atoms with Gasteiger partial charge in [0.1, 0.15) is 12.7 Å². The molecule has 64 valence electrons. The summed E-state index contributed by atoms with van der Waals surface area (Å²) in [6, 6.07) is 0. The van der Waals surface area contributed by atoms with E-state index in [0.29, 0.717) is 6.61 Å². The summed E-state index contributed by atoms with van der Waals surface area (Å²) < 4.78 is 10.3. The van der Waals surface area contributed by atoms with Gasteiger partial charge in [-0.15, -0.1) is 0 Å². The topological polar surface area (TPSA) is 18.5 Å². The second kappa shape index (κ2) is 7.19. The Morgan fingerprint density at radius 2 is 1.82 bits per heavy atom. The molecular formula is C9H16O2. The zero-order valence-electron chi connectivity index (χ0n) is 7.41. The Hall–Kier alpha value is -0.920. The second-order valence-corrected chi connectivity index (χ2v) is 2.22. The van der Waals surface area contributed by atoms with E-state index in [2.05, 4.69) is 0 Å². The Kier molecular flexibility index (Phi) is 6.59. The van der Waals surface area contributed by atoms with E-state index in [-0.39, 0.29) is 6.10 Å². The highest BCUT2D eigenvalue weighted by Crippen LogP contribution is 1.92. The minimum atomic E-state index is 0.113. The van der Waals surface area contributed by atoms with Gasteiger partial charge in [0.2, 0.25) is 0 Å². The molecule has 0 fully saturated rings. The van der Waals surface area contributed by atoms with E-state index in [4.69, 9.17) is 9.47 Å². The van der Waals surface area contributed by atoms with Gasteiger partial charge in [-0.2, -0.15) is 0 Å². The Balaban J connectivity index is 3.29. The minimum absolute atomic E-state index is 0.113. The molecule has 0 saturated carbocycles. The first-order chi connectivity index (χ1) is 5.31. The van der Waals surface area contributed by atoms with Crippen LogP contribution in [-0.2, 0) is 9.47 Å². The third-order valence-electron chi connectivity index (χ3n) is 1.01. The Morgan fingerprint density at radius 3 is 2.36 bits per heavy atom. The number of hydrogen-bond donors (Lipinski definition) is 0. The zero-order chi connectivity index (χ0) is 8.53. The van der Waals surface area contributed by atoms with Crippen molar-refractivity contribution in [3.05, 3.63) is 24.7 Å². The molecular weight excluding hydrogens is 140 g/mol. The number of rotatable bonds is 5. The molecule has 11 heavy (non-hydrogen) atoms. The summed E-state index contributed by atoms with van der Waals surface area (Å²) >= 11 is 0. The lowest BCUT2D eigenvalue weighted by molar-refractivity contribution is 0.0812. The molecule has 0 radical (unpaired) electrons. The van der Waals surface area contributed by atoms with Gasteiger partial charge in [-0.1, -0.05) is 12.2 Å². The van der Waals surface area contributed by atoms with Gasteiger partial charge in [0.15, 0.2) is 0 Å². The van der Waals surface area contributed by atoms with E-state index in [9.17, 15) is 0 Å². The van der Waals surface area contributed by atoms with Crippen LogP contribution in [0.5, 0.6) is 0 Å². The van der Waals surface area contributed by atoms with Gasteiger partial charge in [0, 0.05) is 0 Å². The largest absolute Gasteiger partial charge is 0.498 e. The molecule has 2 nitrogen and oxygen atoms in total. The van der Waals surface area contributed by atoms with Crippen LogP contribution in [0.1, 0.15) is 20.8 Å². The molecule has 1 unspecified atom stereocenters. The Labute approximate surface area is 68.5 Å². The summed E-state index contributed by atoms with van der Waals surface area (Å²) in [7, 11) is 0. The molecule has 0 aromatic carbocycles. The average molecular weight is 156 g/mol. The van der Waals surface area contributed by atoms with Crippen molar-refractivity contribution in [1.82, 2.24) is 0 Å². The van der Waals surface area contributed by atoms with E-state index in [1.54, 1.807) is 12.5 Å². The molecule has 2 heteroatoms. The quantitative estimate of drug-likeness (QED) is 0.569. The summed E-state index contributed by atoms with van der Waals surface area (Å²) in [5, 5.41) is 0. The number of allylic oxidation sites excluding steroid dienone is 2. The van der Waals surface area contributed by atoms with Gasteiger partial charge in [-0.05, 0) is 20.8 Å². The molecule has 0 bridgehead atoms. The summed E-state index contributed by atoms with van der Waals surface area (Å²) in [4.78, 5) is 0. The van der Waals surface area contributed by atoms with Gasteiger partial charge in [-0.3, -0.25) is 0 Å². The molecule has 0 aliphatic rings. The van der Waals surface area contributed by atoms with Crippen molar-refractivity contribution >= 4 is 0 Å². The van der Waals surface area contributed by atoms with Gasteiger partial charge < -0.3 is 9.47 Å². The van der Waals surface area contributed by atoms with Crippen molar-refractivity contribution in [2.45, 2.75) is 26.9 Å². The van der Waals surface area contributed by atoms with Crippen molar-refractivity contribution in [3.63, 3.8) is 0 Å². The maximum atomic E-state index is 5.20. The lowest BCUT2D eigenvalue weighted by Gasteiger charge is -2.09. The van der Waals surface area contributed by atoms with Gasteiger partial charge >= 0.3 is 0 Å². The molecule has 0 aromatic rings. The number of hydrogen-bond acceptors (Lipinski definition) is 2. The van der Waals surface area contributed by atoms with Crippen LogP contribution in [0.15, 0.2) is 24.7 Å². The summed E-state index contributed by atoms with van der Waals surface area (Å²) in [5.74, 6) is 0. The van der Waals surface area contributed by atoms with Crippen molar-refractivity contribution in [2.24, 2.45) is 0 Å². The van der Waals surface area contributed by atoms with Crippen molar-refractivity contribution in [2.75, 3.05) is 6.61 Å². The van der Waals surface area contributed by atoms with E-state index >= 15 is 0 Å². The summed E-state index contributed by atoms with van der Waals surface area (Å²) in [5.41, 5.74) is 0. The molecule has 0 saturated heterocycles. The second-order valence-electron chi connectivity index (χ2n) is 2.22. The third-order valence-corrected chi connectivity index (χ3v) is 1.01. The van der Waals surface area contributed by atoms with Crippen LogP contribution < -0.4 is 0 Å². The van der Waals surface area contributed by atoms with Gasteiger partial charge in [0.25, 0.3) is 0 Å². The lowest BCUT2D eigenvalue weighted by Crippen LogP contribution is -2.10. The first kappa shape index (κ1) is 10.1. The Bertz CT molecular complexity index is 128. The highest BCUT2D eigenvalue weighted by Gasteiger charge is 1.97. The van der Waals surface area contributed by atoms with E-state index in [1.165, 1.54) is 0 Å². The molecule has 0 N–H and O–H groups in total. The van der Waals surface area contributed by atoms with Crippen LogP contribution in [0.2, 0.25) is 0 Å². The number of ether oxygens (including phenoxy) is 2. The van der Waals surface area contributed by atoms with E-state index in [0.717, 1.165) is 0 Å².